The van der Waals surface area contributed by atoms with Gasteiger partial charge in [-0.05, 0) is 6.92 Å². The number of hydrogen-bond donors (Lipinski definition) is 1. The molecule has 1 aromatic rings. The van der Waals surface area contributed by atoms with Gasteiger partial charge in [0, 0.05) is 18.9 Å². The largest absolute Gasteiger partial charge is 0.324 e. The van der Waals surface area contributed by atoms with Gasteiger partial charge < -0.3 is 5.43 Å². The Balaban J connectivity index is 2.40. The summed E-state index contributed by atoms with van der Waals surface area (Å²) >= 11 is 0. The van der Waals surface area contributed by atoms with Crippen LogP contribution in [0.1, 0.15) is 12.2 Å². The van der Waals surface area contributed by atoms with Crippen LogP contribution in [-0.4, -0.2) is 16.2 Å². The summed E-state index contributed by atoms with van der Waals surface area (Å²) in [6, 6.07) is 2.05. The molecule has 0 aromatic carbocycles. The Kier molecular flexibility index (Phi) is 2.50. The lowest BCUT2D eigenvalue weighted by atomic mass is 10.5. The van der Waals surface area contributed by atoms with E-state index in [1.165, 1.54) is 0 Å². The summed E-state index contributed by atoms with van der Waals surface area (Å²) in [6.07, 6.45) is 4.05. The van der Waals surface area contributed by atoms with Crippen LogP contribution in [0.3, 0.4) is 0 Å². The molecule has 4 nitrogen and oxygen atoms in total. The van der Waals surface area contributed by atoms with Gasteiger partial charge in [0.2, 0.25) is 0 Å². The van der Waals surface area contributed by atoms with E-state index in [0.29, 0.717) is 13.0 Å². The van der Waals surface area contributed by atoms with Crippen molar-refractivity contribution in [3.8, 4) is 6.07 Å². The number of nitrogens with one attached hydrogen (secondary N) is 1. The van der Waals surface area contributed by atoms with E-state index in [0.717, 1.165) is 5.82 Å². The minimum Gasteiger partial charge on any atom is -0.324 e. The fourth-order valence-electron chi connectivity index (χ4n) is 0.777. The standard InChI is InChI=1S/C7H10N4/c1-7-9-5-6-11(7)10-4-2-3-8/h5-6,10H,2,4H2,1H3. The molecule has 0 aliphatic heterocycles. The van der Waals surface area contributed by atoms with Crippen LogP contribution in [0.15, 0.2) is 12.4 Å². The minimum atomic E-state index is 0.512. The van der Waals surface area contributed by atoms with Gasteiger partial charge in [0.25, 0.3) is 0 Å². The first kappa shape index (κ1) is 7.61. The van der Waals surface area contributed by atoms with E-state index in [9.17, 15) is 0 Å². The van der Waals surface area contributed by atoms with Crippen LogP contribution in [0.4, 0.5) is 0 Å². The zero-order valence-corrected chi connectivity index (χ0v) is 6.41. The van der Waals surface area contributed by atoms with Gasteiger partial charge in [0.15, 0.2) is 0 Å². The third-order valence-electron chi connectivity index (χ3n) is 1.34. The van der Waals surface area contributed by atoms with Crippen molar-refractivity contribution in [3.63, 3.8) is 0 Å². The average Bonchev–Trinajstić information content (AvgIpc) is 2.37. The van der Waals surface area contributed by atoms with Crippen molar-refractivity contribution in [2.24, 2.45) is 0 Å². The molecule has 1 N–H and O–H groups in total. The second kappa shape index (κ2) is 3.62. The summed E-state index contributed by atoms with van der Waals surface area (Å²) in [5, 5.41) is 8.25. The Morgan fingerprint density at radius 3 is 3.18 bits per heavy atom. The molecule has 0 radical (unpaired) electrons. The van der Waals surface area contributed by atoms with Crippen LogP contribution in [0, 0.1) is 18.3 Å². The monoisotopic (exact) mass is 150 g/mol. The van der Waals surface area contributed by atoms with Crippen LogP contribution >= 0.6 is 0 Å². The lowest BCUT2D eigenvalue weighted by Crippen LogP contribution is -2.15. The quantitative estimate of drug-likeness (QED) is 0.643. The maximum Gasteiger partial charge on any atom is 0.124 e. The Morgan fingerprint density at radius 1 is 1.82 bits per heavy atom. The molecule has 0 unspecified atom stereocenters. The first-order valence-electron chi connectivity index (χ1n) is 3.45. The molecule has 58 valence electrons. The van der Waals surface area contributed by atoms with Gasteiger partial charge >= 0.3 is 0 Å². The van der Waals surface area contributed by atoms with E-state index in [1.54, 1.807) is 10.9 Å². The van der Waals surface area contributed by atoms with E-state index < -0.39 is 0 Å². The number of imidazole rings is 1. The smallest absolute Gasteiger partial charge is 0.124 e. The lowest BCUT2D eigenvalue weighted by Gasteiger charge is -2.05. The highest BCUT2D eigenvalue weighted by atomic mass is 15.4. The molecular weight excluding hydrogens is 140 g/mol. The summed E-state index contributed by atoms with van der Waals surface area (Å²) in [4.78, 5) is 4.01. The van der Waals surface area contributed by atoms with Crippen molar-refractivity contribution in [3.05, 3.63) is 18.2 Å². The van der Waals surface area contributed by atoms with E-state index in [1.807, 2.05) is 13.1 Å². The SMILES string of the molecule is Cc1nccn1NCCC#N. The fraction of sp³-hybridized carbons (Fsp3) is 0.429. The van der Waals surface area contributed by atoms with Crippen molar-refractivity contribution < 1.29 is 0 Å². The van der Waals surface area contributed by atoms with Gasteiger partial charge in [-0.2, -0.15) is 5.26 Å². The maximum absolute atomic E-state index is 8.25. The van der Waals surface area contributed by atoms with E-state index in [2.05, 4.69) is 16.5 Å². The first-order valence-corrected chi connectivity index (χ1v) is 3.45. The second-order valence-corrected chi connectivity index (χ2v) is 2.16. The van der Waals surface area contributed by atoms with Gasteiger partial charge in [0.05, 0.1) is 12.5 Å². The molecule has 0 atom stereocenters. The molecule has 0 bridgehead atoms. The molecular formula is C7H10N4. The Bertz CT molecular complexity index is 258. The predicted octanol–water partition coefficient (Wildman–Crippen LogP) is 0.649. The highest BCUT2D eigenvalue weighted by Gasteiger charge is 1.92. The second-order valence-electron chi connectivity index (χ2n) is 2.16. The van der Waals surface area contributed by atoms with E-state index in [-0.39, 0.29) is 0 Å². The number of aromatic nitrogens is 2. The third kappa shape index (κ3) is 1.97. The summed E-state index contributed by atoms with van der Waals surface area (Å²) < 4.78 is 1.80. The number of nitriles is 1. The summed E-state index contributed by atoms with van der Waals surface area (Å²) in [7, 11) is 0. The first-order chi connectivity index (χ1) is 5.34. The summed E-state index contributed by atoms with van der Waals surface area (Å²) in [5.41, 5.74) is 3.03. The minimum absolute atomic E-state index is 0.512. The Morgan fingerprint density at radius 2 is 2.64 bits per heavy atom. The summed E-state index contributed by atoms with van der Waals surface area (Å²) in [5.74, 6) is 0.905. The summed E-state index contributed by atoms with van der Waals surface area (Å²) in [6.45, 7) is 2.56. The highest BCUT2D eigenvalue weighted by molar-refractivity contribution is 4.92. The molecule has 0 aliphatic carbocycles. The van der Waals surface area contributed by atoms with Crippen molar-refractivity contribution >= 4 is 0 Å². The van der Waals surface area contributed by atoms with Crippen LogP contribution in [0.2, 0.25) is 0 Å². The fourth-order valence-corrected chi connectivity index (χ4v) is 0.777. The highest BCUT2D eigenvalue weighted by Crippen LogP contribution is 1.90. The Labute approximate surface area is 65.4 Å². The van der Waals surface area contributed by atoms with Crippen molar-refractivity contribution in [2.45, 2.75) is 13.3 Å². The number of aryl methyl sites for hydroxylation is 1. The van der Waals surface area contributed by atoms with Crippen LogP contribution < -0.4 is 5.43 Å². The van der Waals surface area contributed by atoms with E-state index in [4.69, 9.17) is 5.26 Å². The molecule has 0 aliphatic rings. The topological polar surface area (TPSA) is 53.6 Å². The zero-order chi connectivity index (χ0) is 8.10. The van der Waals surface area contributed by atoms with Crippen LogP contribution in [-0.2, 0) is 0 Å². The van der Waals surface area contributed by atoms with Gasteiger partial charge in [-0.3, -0.25) is 4.68 Å². The molecule has 0 fully saturated rings. The van der Waals surface area contributed by atoms with Crippen molar-refractivity contribution in [2.75, 3.05) is 12.0 Å². The molecule has 0 amide bonds. The lowest BCUT2D eigenvalue weighted by molar-refractivity contribution is 0.802. The number of hydrogen-bond acceptors (Lipinski definition) is 3. The molecule has 1 aromatic heterocycles. The normalized spacial score (nSPS) is 9.09. The molecule has 0 saturated heterocycles. The third-order valence-corrected chi connectivity index (χ3v) is 1.34. The molecule has 1 heterocycles. The van der Waals surface area contributed by atoms with Gasteiger partial charge in [-0.25, -0.2) is 4.98 Å². The molecule has 11 heavy (non-hydrogen) atoms. The van der Waals surface area contributed by atoms with Crippen LogP contribution in [0.25, 0.3) is 0 Å². The van der Waals surface area contributed by atoms with Gasteiger partial charge in [0.1, 0.15) is 5.82 Å². The zero-order valence-electron chi connectivity index (χ0n) is 6.41. The molecule has 4 heteroatoms. The van der Waals surface area contributed by atoms with Gasteiger partial charge in [-0.1, -0.05) is 0 Å². The number of nitrogens with zero attached hydrogens (tertiary/aromatic N) is 3. The van der Waals surface area contributed by atoms with Crippen LogP contribution in [0.5, 0.6) is 0 Å². The maximum atomic E-state index is 8.25. The van der Waals surface area contributed by atoms with Crippen molar-refractivity contribution in [1.82, 2.24) is 9.66 Å². The Hall–Kier alpha value is -1.50. The average molecular weight is 150 g/mol. The van der Waals surface area contributed by atoms with Gasteiger partial charge in [-0.15, -0.1) is 0 Å². The molecule has 0 spiro atoms. The van der Waals surface area contributed by atoms with E-state index >= 15 is 0 Å². The predicted molar refractivity (Wildman–Crippen MR) is 41.4 cm³/mol. The molecule has 1 rings (SSSR count). The van der Waals surface area contributed by atoms with Crippen molar-refractivity contribution in [1.29, 1.82) is 5.26 Å². The number of rotatable bonds is 3. The molecule has 0 saturated carbocycles.